The lowest BCUT2D eigenvalue weighted by Gasteiger charge is -2.28. The minimum Gasteiger partial charge on any atom is -0.409 e. The van der Waals surface area contributed by atoms with Crippen LogP contribution < -0.4 is 11.1 Å². The highest BCUT2D eigenvalue weighted by Crippen LogP contribution is 2.29. The molecule has 0 saturated heterocycles. The summed E-state index contributed by atoms with van der Waals surface area (Å²) in [7, 11) is 0. The van der Waals surface area contributed by atoms with E-state index >= 15 is 0 Å². The zero-order chi connectivity index (χ0) is 14.5. The Morgan fingerprint density at radius 1 is 1.37 bits per heavy atom. The average Bonchev–Trinajstić information content (AvgIpc) is 2.43. The molecule has 19 heavy (non-hydrogen) atoms. The summed E-state index contributed by atoms with van der Waals surface area (Å²) in [5.74, 6) is -0.331. The van der Waals surface area contributed by atoms with Gasteiger partial charge in [0.05, 0.1) is 0 Å². The molecule has 0 fully saturated rings. The number of nitrogens with zero attached hydrogens (tertiary/aromatic N) is 1. The fourth-order valence-electron chi connectivity index (χ4n) is 1.93. The molecule has 4 N–H and O–H groups in total. The fourth-order valence-corrected chi connectivity index (χ4v) is 2.19. The molecule has 1 rings (SSSR count). The predicted octanol–water partition coefficient (Wildman–Crippen LogP) is 2.94. The van der Waals surface area contributed by atoms with Gasteiger partial charge in [-0.1, -0.05) is 34.9 Å². The molecule has 0 saturated carbocycles. The van der Waals surface area contributed by atoms with Crippen molar-refractivity contribution in [1.82, 2.24) is 0 Å². The summed E-state index contributed by atoms with van der Waals surface area (Å²) in [5, 5.41) is 14.7. The Morgan fingerprint density at radius 2 is 1.89 bits per heavy atom. The molecule has 0 unspecified atom stereocenters. The lowest BCUT2D eigenvalue weighted by Crippen LogP contribution is -2.46. The molecule has 104 valence electrons. The van der Waals surface area contributed by atoms with Gasteiger partial charge in [0.2, 0.25) is 5.91 Å². The molecular weight excluding hydrogens is 310 g/mol. The van der Waals surface area contributed by atoms with Crippen molar-refractivity contribution < 1.29 is 10.0 Å². The van der Waals surface area contributed by atoms with Crippen LogP contribution in [-0.4, -0.2) is 17.0 Å². The summed E-state index contributed by atoms with van der Waals surface area (Å²) in [6, 6.07) is 7.23. The Kier molecular flexibility index (Phi) is 5.35. The van der Waals surface area contributed by atoms with E-state index in [9.17, 15) is 4.79 Å². The molecule has 0 aliphatic carbocycles. The van der Waals surface area contributed by atoms with Gasteiger partial charge in [-0.15, -0.1) is 0 Å². The molecule has 1 aromatic rings. The van der Waals surface area contributed by atoms with Crippen molar-refractivity contribution in [2.45, 2.75) is 26.7 Å². The number of oxime groups is 1. The molecule has 0 heterocycles. The number of benzene rings is 1. The Bertz CT molecular complexity index is 467. The van der Waals surface area contributed by atoms with E-state index < -0.39 is 5.41 Å². The number of hydrogen-bond donors (Lipinski definition) is 3. The maximum atomic E-state index is 12.4. The number of amidine groups is 1. The van der Waals surface area contributed by atoms with E-state index in [1.54, 1.807) is 12.1 Å². The smallest absolute Gasteiger partial charge is 0.238 e. The van der Waals surface area contributed by atoms with E-state index in [0.717, 1.165) is 4.47 Å². The van der Waals surface area contributed by atoms with Gasteiger partial charge in [-0.3, -0.25) is 4.79 Å². The van der Waals surface area contributed by atoms with Gasteiger partial charge in [-0.2, -0.15) is 0 Å². The van der Waals surface area contributed by atoms with Crippen LogP contribution in [0, 0.1) is 5.41 Å². The highest BCUT2D eigenvalue weighted by molar-refractivity contribution is 9.10. The monoisotopic (exact) mass is 327 g/mol. The topological polar surface area (TPSA) is 87.7 Å². The van der Waals surface area contributed by atoms with E-state index in [4.69, 9.17) is 10.9 Å². The average molecular weight is 328 g/mol. The van der Waals surface area contributed by atoms with Crippen LogP contribution in [0.3, 0.4) is 0 Å². The van der Waals surface area contributed by atoms with Crippen LogP contribution in [0.2, 0.25) is 0 Å². The van der Waals surface area contributed by atoms with Crippen molar-refractivity contribution >= 4 is 33.4 Å². The summed E-state index contributed by atoms with van der Waals surface area (Å²) in [6.07, 6.45) is 0.920. The van der Waals surface area contributed by atoms with Crippen molar-refractivity contribution in [3.63, 3.8) is 0 Å². The first-order valence-corrected chi connectivity index (χ1v) is 6.84. The van der Waals surface area contributed by atoms with Crippen LogP contribution in [0.15, 0.2) is 33.9 Å². The zero-order valence-corrected chi connectivity index (χ0v) is 12.6. The molecular formula is C13H18BrN3O2. The van der Waals surface area contributed by atoms with Gasteiger partial charge in [0.15, 0.2) is 5.84 Å². The third kappa shape index (κ3) is 3.26. The van der Waals surface area contributed by atoms with Crippen molar-refractivity contribution in [2.24, 2.45) is 16.3 Å². The van der Waals surface area contributed by atoms with Crippen LogP contribution in [0.4, 0.5) is 5.69 Å². The summed E-state index contributed by atoms with van der Waals surface area (Å²) in [5.41, 5.74) is 5.37. The van der Waals surface area contributed by atoms with Crippen molar-refractivity contribution in [3.8, 4) is 0 Å². The molecule has 0 atom stereocenters. The van der Waals surface area contributed by atoms with Gasteiger partial charge in [0, 0.05) is 10.2 Å². The van der Waals surface area contributed by atoms with Crippen LogP contribution in [0.25, 0.3) is 0 Å². The molecule has 0 aliphatic rings. The Labute approximate surface area is 121 Å². The number of anilines is 1. The number of hydrogen-bond acceptors (Lipinski definition) is 3. The maximum absolute atomic E-state index is 12.4. The summed E-state index contributed by atoms with van der Waals surface area (Å²) >= 11 is 3.33. The SMILES string of the molecule is CCC(CC)(C(=O)Nc1ccc(Br)cc1)C(N)=NO. The molecule has 0 bridgehead atoms. The molecule has 5 nitrogen and oxygen atoms in total. The van der Waals surface area contributed by atoms with Gasteiger partial charge >= 0.3 is 0 Å². The first-order valence-electron chi connectivity index (χ1n) is 6.05. The quantitative estimate of drug-likeness (QED) is 0.336. The number of carbonyl (C=O) groups is 1. The van der Waals surface area contributed by atoms with E-state index in [0.29, 0.717) is 18.5 Å². The molecule has 0 spiro atoms. The molecule has 6 heteroatoms. The minimum absolute atomic E-state index is 0.0629. The highest BCUT2D eigenvalue weighted by Gasteiger charge is 2.39. The van der Waals surface area contributed by atoms with Crippen molar-refractivity contribution in [1.29, 1.82) is 0 Å². The Balaban J connectivity index is 2.98. The van der Waals surface area contributed by atoms with E-state index in [-0.39, 0.29) is 11.7 Å². The molecule has 0 aliphatic heterocycles. The van der Waals surface area contributed by atoms with Crippen LogP contribution in [-0.2, 0) is 4.79 Å². The highest BCUT2D eigenvalue weighted by atomic mass is 79.9. The summed E-state index contributed by atoms with van der Waals surface area (Å²) < 4.78 is 0.930. The van der Waals surface area contributed by atoms with E-state index in [2.05, 4.69) is 26.4 Å². The number of nitrogens with one attached hydrogen (secondary N) is 1. The third-order valence-electron chi connectivity index (χ3n) is 3.34. The molecule has 0 radical (unpaired) electrons. The first-order chi connectivity index (χ1) is 9.00. The van der Waals surface area contributed by atoms with Crippen molar-refractivity contribution in [2.75, 3.05) is 5.32 Å². The van der Waals surface area contributed by atoms with Gasteiger partial charge in [-0.05, 0) is 37.1 Å². The normalized spacial score (nSPS) is 12.3. The predicted molar refractivity (Wildman–Crippen MR) is 79.2 cm³/mol. The third-order valence-corrected chi connectivity index (χ3v) is 3.87. The lowest BCUT2D eigenvalue weighted by molar-refractivity contribution is -0.122. The molecule has 1 amide bonds. The number of rotatable bonds is 5. The van der Waals surface area contributed by atoms with Crippen molar-refractivity contribution in [3.05, 3.63) is 28.7 Å². The second-order valence-electron chi connectivity index (χ2n) is 4.24. The summed E-state index contributed by atoms with van der Waals surface area (Å²) in [4.78, 5) is 12.4. The zero-order valence-electron chi connectivity index (χ0n) is 11.0. The first kappa shape index (κ1) is 15.5. The number of carbonyl (C=O) groups excluding carboxylic acids is 1. The maximum Gasteiger partial charge on any atom is 0.238 e. The largest absolute Gasteiger partial charge is 0.409 e. The van der Waals surface area contributed by atoms with Gasteiger partial charge in [0.25, 0.3) is 0 Å². The second-order valence-corrected chi connectivity index (χ2v) is 5.15. The molecule has 0 aromatic heterocycles. The standard InChI is InChI=1S/C13H18BrN3O2/c1-3-13(4-2,11(15)17-19)12(18)16-10-7-5-9(14)6-8-10/h5-8,19H,3-4H2,1-2H3,(H2,15,17)(H,16,18). The second kappa shape index (κ2) is 6.56. The number of nitrogens with two attached hydrogens (primary N) is 1. The lowest BCUT2D eigenvalue weighted by atomic mass is 9.80. The van der Waals surface area contributed by atoms with Crippen LogP contribution in [0.1, 0.15) is 26.7 Å². The summed E-state index contributed by atoms with van der Waals surface area (Å²) in [6.45, 7) is 3.67. The molecule has 1 aromatic carbocycles. The van der Waals surface area contributed by atoms with Gasteiger partial charge in [0.1, 0.15) is 5.41 Å². The van der Waals surface area contributed by atoms with Gasteiger partial charge in [-0.25, -0.2) is 0 Å². The minimum atomic E-state index is -0.984. The Morgan fingerprint density at radius 3 is 2.32 bits per heavy atom. The fraction of sp³-hybridized carbons (Fsp3) is 0.385. The van der Waals surface area contributed by atoms with Crippen LogP contribution >= 0.6 is 15.9 Å². The Hall–Kier alpha value is -1.56. The van der Waals surface area contributed by atoms with E-state index in [1.807, 2.05) is 26.0 Å². The van der Waals surface area contributed by atoms with E-state index in [1.165, 1.54) is 0 Å². The number of halogens is 1. The number of amides is 1. The van der Waals surface area contributed by atoms with Crippen LogP contribution in [0.5, 0.6) is 0 Å². The van der Waals surface area contributed by atoms with Gasteiger partial charge < -0.3 is 16.3 Å².